The molecule has 4 rings (SSSR count). The van der Waals surface area contributed by atoms with Gasteiger partial charge in [-0.25, -0.2) is 8.42 Å². The van der Waals surface area contributed by atoms with E-state index in [0.29, 0.717) is 18.8 Å². The van der Waals surface area contributed by atoms with Crippen molar-refractivity contribution in [1.82, 2.24) is 9.80 Å². The van der Waals surface area contributed by atoms with E-state index < -0.39 is 16.1 Å². The number of hydrogen-bond acceptors (Lipinski definition) is 6. The van der Waals surface area contributed by atoms with E-state index in [1.807, 2.05) is 39.1 Å². The van der Waals surface area contributed by atoms with E-state index in [1.54, 1.807) is 48.2 Å². The van der Waals surface area contributed by atoms with Crippen LogP contribution in [0.1, 0.15) is 35.3 Å². The summed E-state index contributed by atoms with van der Waals surface area (Å²) in [5.74, 6) is 0.0537. The number of amides is 1. The predicted molar refractivity (Wildman–Crippen MR) is 152 cm³/mol. The fraction of sp³-hybridized carbons (Fsp3) is 0.367. The van der Waals surface area contributed by atoms with Crippen LogP contribution in [0, 0.1) is 12.8 Å². The van der Waals surface area contributed by atoms with E-state index in [4.69, 9.17) is 4.74 Å². The number of carbonyl (C=O) groups is 1. The van der Waals surface area contributed by atoms with Crippen LogP contribution in [0.3, 0.4) is 0 Å². The number of likely N-dealkylation sites (N-methyl/N-ethyl adjacent to an activating group) is 1. The molecular weight excluding hydrogens is 514 g/mol. The molecule has 3 aromatic rings. The van der Waals surface area contributed by atoms with Crippen molar-refractivity contribution in [3.05, 3.63) is 89.5 Å². The molecule has 0 unspecified atom stereocenters. The smallest absolute Gasteiger partial charge is 0.261 e. The summed E-state index contributed by atoms with van der Waals surface area (Å²) in [6.07, 6.45) is -0.242. The molecule has 1 aliphatic rings. The lowest BCUT2D eigenvalue weighted by atomic mass is 9.99. The summed E-state index contributed by atoms with van der Waals surface area (Å²) in [6.45, 7) is 7.30. The summed E-state index contributed by atoms with van der Waals surface area (Å²) in [7, 11) is -1.82. The minimum Gasteiger partial charge on any atom is -0.488 e. The maximum atomic E-state index is 13.7. The zero-order valence-electron chi connectivity index (χ0n) is 22.9. The minimum atomic E-state index is -3.85. The first kappa shape index (κ1) is 28.6. The van der Waals surface area contributed by atoms with Crippen LogP contribution in [0.25, 0.3) is 0 Å². The molecule has 2 N–H and O–H groups in total. The van der Waals surface area contributed by atoms with Crippen molar-refractivity contribution < 1.29 is 23.1 Å². The number of sulfonamides is 1. The number of ether oxygens (including phenoxy) is 1. The molecule has 0 saturated carbocycles. The first-order chi connectivity index (χ1) is 18.6. The van der Waals surface area contributed by atoms with Crippen molar-refractivity contribution in [2.24, 2.45) is 5.92 Å². The quantitative estimate of drug-likeness (QED) is 0.415. The fourth-order valence-electron chi connectivity index (χ4n) is 4.70. The third kappa shape index (κ3) is 6.98. The van der Waals surface area contributed by atoms with Crippen molar-refractivity contribution in [3.8, 4) is 5.75 Å². The molecule has 9 heteroatoms. The Bertz CT molecular complexity index is 1380. The van der Waals surface area contributed by atoms with Gasteiger partial charge in [0, 0.05) is 31.2 Å². The Morgan fingerprint density at radius 1 is 1.10 bits per heavy atom. The lowest BCUT2D eigenvalue weighted by Crippen LogP contribution is -2.49. The van der Waals surface area contributed by atoms with Crippen molar-refractivity contribution in [1.29, 1.82) is 0 Å². The van der Waals surface area contributed by atoms with Gasteiger partial charge in [0.1, 0.15) is 11.9 Å². The van der Waals surface area contributed by atoms with E-state index in [9.17, 15) is 18.3 Å². The number of fused-ring (bicyclic) bond motifs is 1. The van der Waals surface area contributed by atoms with Crippen LogP contribution < -0.4 is 9.46 Å². The molecule has 0 radical (unpaired) electrons. The van der Waals surface area contributed by atoms with E-state index in [0.717, 1.165) is 12.1 Å². The van der Waals surface area contributed by atoms with Crippen molar-refractivity contribution in [3.63, 3.8) is 0 Å². The molecule has 1 heterocycles. The largest absolute Gasteiger partial charge is 0.488 e. The second-order valence-corrected chi connectivity index (χ2v) is 12.1. The summed E-state index contributed by atoms with van der Waals surface area (Å²) in [6, 6.07) is 21.1. The number of anilines is 1. The van der Waals surface area contributed by atoms with Crippen molar-refractivity contribution in [2.45, 2.75) is 44.4 Å². The van der Waals surface area contributed by atoms with Crippen LogP contribution >= 0.6 is 0 Å². The van der Waals surface area contributed by atoms with Gasteiger partial charge in [-0.2, -0.15) is 0 Å². The highest BCUT2D eigenvalue weighted by Gasteiger charge is 2.33. The molecule has 208 valence electrons. The highest BCUT2D eigenvalue weighted by atomic mass is 32.2. The Balaban J connectivity index is 1.63. The second-order valence-electron chi connectivity index (χ2n) is 10.4. The number of aliphatic hydroxyl groups excluding tert-OH is 1. The van der Waals surface area contributed by atoms with Crippen LogP contribution in [-0.2, 0) is 16.6 Å². The Kier molecular flexibility index (Phi) is 8.94. The summed E-state index contributed by atoms with van der Waals surface area (Å²) in [5.41, 5.74) is 2.65. The highest BCUT2D eigenvalue weighted by molar-refractivity contribution is 7.92. The zero-order chi connectivity index (χ0) is 28.2. The molecule has 0 spiro atoms. The molecule has 8 nitrogen and oxygen atoms in total. The lowest BCUT2D eigenvalue weighted by Gasteiger charge is -2.38. The monoisotopic (exact) mass is 551 g/mol. The van der Waals surface area contributed by atoms with Crippen molar-refractivity contribution >= 4 is 21.6 Å². The molecule has 3 atom stereocenters. The van der Waals surface area contributed by atoms with Crippen LogP contribution in [0.15, 0.2) is 77.7 Å². The van der Waals surface area contributed by atoms with Gasteiger partial charge in [-0.15, -0.1) is 0 Å². The lowest BCUT2D eigenvalue weighted by molar-refractivity contribution is 0.0341. The van der Waals surface area contributed by atoms with Gasteiger partial charge in [-0.3, -0.25) is 14.4 Å². The van der Waals surface area contributed by atoms with Gasteiger partial charge in [0.05, 0.1) is 23.1 Å². The van der Waals surface area contributed by atoms with E-state index in [2.05, 4.69) is 21.8 Å². The van der Waals surface area contributed by atoms with Gasteiger partial charge >= 0.3 is 0 Å². The first-order valence-corrected chi connectivity index (χ1v) is 14.6. The highest BCUT2D eigenvalue weighted by Crippen LogP contribution is 2.31. The maximum Gasteiger partial charge on any atom is 0.261 e. The zero-order valence-corrected chi connectivity index (χ0v) is 23.7. The number of nitrogens with one attached hydrogen (secondary N) is 1. The van der Waals surface area contributed by atoms with Crippen LogP contribution in [0.4, 0.5) is 5.69 Å². The van der Waals surface area contributed by atoms with Gasteiger partial charge in [-0.1, -0.05) is 55.0 Å². The summed E-state index contributed by atoms with van der Waals surface area (Å²) in [5, 5.41) is 9.90. The number of benzene rings is 3. The van der Waals surface area contributed by atoms with Gasteiger partial charge in [0.2, 0.25) is 0 Å². The number of aryl methyl sites for hydroxylation is 1. The Hall–Kier alpha value is -3.40. The SMILES string of the molecule is Cc1ccc(S(=O)(=O)Nc2ccc3c(c2)C(=O)N([C@@H](C)CO)C[C@H](C)[C@H](CN(C)Cc2ccccc2)O3)cc1. The fourth-order valence-corrected chi connectivity index (χ4v) is 5.75. The molecular formula is C30H37N3O5S. The third-order valence-corrected chi connectivity index (χ3v) is 8.43. The van der Waals surface area contributed by atoms with Gasteiger partial charge in [-0.05, 0) is 56.8 Å². The van der Waals surface area contributed by atoms with Crippen LogP contribution in [-0.4, -0.2) is 68.1 Å². The van der Waals surface area contributed by atoms with Gasteiger partial charge in [0.15, 0.2) is 0 Å². The van der Waals surface area contributed by atoms with E-state index in [-0.39, 0.29) is 40.7 Å². The molecule has 39 heavy (non-hydrogen) atoms. The van der Waals surface area contributed by atoms with E-state index >= 15 is 0 Å². The number of rotatable bonds is 9. The van der Waals surface area contributed by atoms with Crippen molar-refractivity contribution in [2.75, 3.05) is 31.5 Å². The maximum absolute atomic E-state index is 13.7. The summed E-state index contributed by atoms with van der Waals surface area (Å²) in [4.78, 5) is 17.6. The van der Waals surface area contributed by atoms with Crippen LogP contribution in [0.5, 0.6) is 5.75 Å². The number of nitrogens with zero attached hydrogens (tertiary/aromatic N) is 2. The molecule has 1 aliphatic heterocycles. The number of aliphatic hydroxyl groups is 1. The second kappa shape index (κ2) is 12.2. The molecule has 3 aromatic carbocycles. The predicted octanol–water partition coefficient (Wildman–Crippen LogP) is 4.15. The molecule has 0 aliphatic carbocycles. The average molecular weight is 552 g/mol. The Labute approximate surface area is 231 Å². The normalized spacial score (nSPS) is 18.6. The Morgan fingerprint density at radius 2 is 1.79 bits per heavy atom. The number of carbonyl (C=O) groups excluding carboxylic acids is 1. The van der Waals surface area contributed by atoms with Crippen LogP contribution in [0.2, 0.25) is 0 Å². The standard InChI is InChI=1S/C30H37N3O5S/c1-21-10-13-26(14-11-21)39(36,37)31-25-12-15-28-27(16-25)30(35)33(23(3)20-34)17-22(2)29(38-28)19-32(4)18-24-8-6-5-7-9-24/h5-16,22-23,29,31,34H,17-20H2,1-4H3/t22-,23-,29-/m0/s1. The molecule has 0 aromatic heterocycles. The molecule has 0 saturated heterocycles. The number of hydrogen-bond donors (Lipinski definition) is 2. The average Bonchev–Trinajstić information content (AvgIpc) is 2.91. The topological polar surface area (TPSA) is 99.2 Å². The molecule has 1 amide bonds. The molecule has 0 fully saturated rings. The van der Waals surface area contributed by atoms with Gasteiger partial charge in [0.25, 0.3) is 15.9 Å². The summed E-state index contributed by atoms with van der Waals surface area (Å²) < 4.78 is 35.0. The summed E-state index contributed by atoms with van der Waals surface area (Å²) >= 11 is 0. The Morgan fingerprint density at radius 3 is 2.46 bits per heavy atom. The third-order valence-electron chi connectivity index (χ3n) is 7.04. The van der Waals surface area contributed by atoms with E-state index in [1.165, 1.54) is 11.6 Å². The van der Waals surface area contributed by atoms with Gasteiger partial charge < -0.3 is 14.7 Å². The minimum absolute atomic E-state index is 0.0194. The molecule has 0 bridgehead atoms. The first-order valence-electron chi connectivity index (χ1n) is 13.1.